The topological polar surface area (TPSA) is 70.8 Å². The zero-order valence-electron chi connectivity index (χ0n) is 16.8. The van der Waals surface area contributed by atoms with Gasteiger partial charge in [0.15, 0.2) is 11.5 Å². The van der Waals surface area contributed by atoms with Crippen molar-refractivity contribution in [2.24, 2.45) is 0 Å². The van der Waals surface area contributed by atoms with Gasteiger partial charge >= 0.3 is 0 Å². The molecule has 2 heterocycles. The molecule has 8 heteroatoms. The number of carbonyl (C=O) groups excluding carboxylic acids is 2. The lowest BCUT2D eigenvalue weighted by atomic mass is 9.94. The van der Waals surface area contributed by atoms with Gasteiger partial charge in [-0.05, 0) is 54.6 Å². The lowest BCUT2D eigenvalue weighted by Crippen LogP contribution is -2.31. The van der Waals surface area contributed by atoms with Crippen molar-refractivity contribution in [2.45, 2.75) is 6.04 Å². The van der Waals surface area contributed by atoms with Crippen molar-refractivity contribution in [3.05, 3.63) is 112 Å². The third kappa shape index (κ3) is 3.47. The Morgan fingerprint density at radius 2 is 1.73 bits per heavy atom. The van der Waals surface area contributed by atoms with Crippen LogP contribution in [0.15, 0.2) is 88.5 Å². The van der Waals surface area contributed by atoms with E-state index in [0.717, 1.165) is 17.0 Å². The number of hydrogen-bond donors (Lipinski definition) is 1. The summed E-state index contributed by atoms with van der Waals surface area (Å²) in [6, 6.07) is 15.4. The zero-order chi connectivity index (χ0) is 23.3. The van der Waals surface area contributed by atoms with Crippen molar-refractivity contribution in [1.29, 1.82) is 0 Å². The molecule has 1 atom stereocenters. The van der Waals surface area contributed by atoms with Crippen LogP contribution < -0.4 is 4.90 Å². The molecule has 0 spiro atoms. The van der Waals surface area contributed by atoms with Crippen LogP contribution in [0.2, 0.25) is 5.02 Å². The van der Waals surface area contributed by atoms with Gasteiger partial charge in [0.25, 0.3) is 5.91 Å². The van der Waals surface area contributed by atoms with E-state index >= 15 is 0 Å². The van der Waals surface area contributed by atoms with E-state index < -0.39 is 35.1 Å². The molecule has 0 saturated heterocycles. The van der Waals surface area contributed by atoms with E-state index in [1.54, 1.807) is 24.3 Å². The number of carbonyl (C=O) groups is 2. The molecule has 1 unspecified atom stereocenters. The number of fused-ring (bicyclic) bond motifs is 1. The third-order valence-corrected chi connectivity index (χ3v) is 5.69. The minimum absolute atomic E-state index is 0.0123. The van der Waals surface area contributed by atoms with Crippen LogP contribution in [0, 0.1) is 11.6 Å². The van der Waals surface area contributed by atoms with Gasteiger partial charge in [-0.15, -0.1) is 0 Å². The molecular formula is C25H14ClF2NO4. The lowest BCUT2D eigenvalue weighted by molar-refractivity contribution is -0.117. The molecule has 1 amide bonds. The van der Waals surface area contributed by atoms with Gasteiger partial charge in [0.05, 0.1) is 11.6 Å². The minimum atomic E-state index is -1.30. The number of benzene rings is 3. The first-order valence-electron chi connectivity index (χ1n) is 9.85. The molecule has 164 valence electrons. The van der Waals surface area contributed by atoms with Gasteiger partial charge in [0, 0.05) is 21.7 Å². The Bertz CT molecular complexity index is 1460. The first-order chi connectivity index (χ1) is 15.8. The number of hydrogen-bond acceptors (Lipinski definition) is 4. The van der Waals surface area contributed by atoms with E-state index in [4.69, 9.17) is 16.0 Å². The molecule has 1 aromatic heterocycles. The van der Waals surface area contributed by atoms with Crippen molar-refractivity contribution in [2.75, 3.05) is 4.90 Å². The number of halogens is 3. The number of anilines is 1. The Balaban J connectivity index is 1.67. The predicted octanol–water partition coefficient (Wildman–Crippen LogP) is 6.15. The fraction of sp³-hybridized carbons (Fsp3) is 0.0400. The van der Waals surface area contributed by atoms with Gasteiger partial charge in [-0.2, -0.15) is 0 Å². The van der Waals surface area contributed by atoms with Gasteiger partial charge in [0.2, 0.25) is 5.78 Å². The standard InChI is InChI=1S/C25H14ClF2NO4/c26-14-5-10-19-13(11-14)12-20(33-19)23(30)21-22(17-3-1-2-4-18(17)28)29(25(32)24(21)31)16-8-6-15(27)7-9-16/h1-12,22,31H. The van der Waals surface area contributed by atoms with Crippen molar-refractivity contribution in [1.82, 2.24) is 0 Å². The largest absolute Gasteiger partial charge is 0.503 e. The van der Waals surface area contributed by atoms with E-state index in [-0.39, 0.29) is 22.6 Å². The third-order valence-electron chi connectivity index (χ3n) is 5.46. The maximum absolute atomic E-state index is 14.8. The normalized spacial score (nSPS) is 16.2. The van der Waals surface area contributed by atoms with Crippen LogP contribution in [0.1, 0.15) is 22.2 Å². The summed E-state index contributed by atoms with van der Waals surface area (Å²) >= 11 is 6.00. The number of rotatable bonds is 4. The minimum Gasteiger partial charge on any atom is -0.503 e. The monoisotopic (exact) mass is 465 g/mol. The maximum atomic E-state index is 14.8. The number of amides is 1. The van der Waals surface area contributed by atoms with Gasteiger partial charge in [-0.25, -0.2) is 8.78 Å². The molecule has 0 aliphatic carbocycles. The van der Waals surface area contributed by atoms with Crippen molar-refractivity contribution in [3.8, 4) is 0 Å². The van der Waals surface area contributed by atoms with Gasteiger partial charge in [-0.3, -0.25) is 14.5 Å². The maximum Gasteiger partial charge on any atom is 0.294 e. The Morgan fingerprint density at radius 1 is 1.00 bits per heavy atom. The van der Waals surface area contributed by atoms with Crippen LogP contribution in [0.25, 0.3) is 11.0 Å². The number of aliphatic hydroxyl groups is 1. The highest BCUT2D eigenvalue weighted by Crippen LogP contribution is 2.43. The molecule has 0 radical (unpaired) electrons. The highest BCUT2D eigenvalue weighted by molar-refractivity contribution is 6.31. The number of nitrogens with zero attached hydrogens (tertiary/aromatic N) is 1. The number of ketones is 1. The molecule has 0 saturated carbocycles. The van der Waals surface area contributed by atoms with E-state index in [0.29, 0.717) is 16.0 Å². The number of Topliss-reactive ketones (excluding diaryl/α,β-unsaturated/α-hetero) is 1. The summed E-state index contributed by atoms with van der Waals surface area (Å²) < 4.78 is 34.0. The Labute approximate surface area is 191 Å². The summed E-state index contributed by atoms with van der Waals surface area (Å²) in [6.45, 7) is 0. The second-order valence-electron chi connectivity index (χ2n) is 7.46. The molecular weight excluding hydrogens is 452 g/mol. The van der Waals surface area contributed by atoms with Crippen LogP contribution >= 0.6 is 11.6 Å². The second kappa shape index (κ2) is 7.86. The van der Waals surface area contributed by atoms with E-state index in [1.165, 1.54) is 36.4 Å². The summed E-state index contributed by atoms with van der Waals surface area (Å²) in [5.41, 5.74) is 0.201. The fourth-order valence-electron chi connectivity index (χ4n) is 3.96. The van der Waals surface area contributed by atoms with Crippen molar-refractivity contribution in [3.63, 3.8) is 0 Å². The Kier molecular flexibility index (Phi) is 4.98. The Morgan fingerprint density at radius 3 is 2.45 bits per heavy atom. The highest BCUT2D eigenvalue weighted by atomic mass is 35.5. The quantitative estimate of drug-likeness (QED) is 0.367. The molecule has 5 nitrogen and oxygen atoms in total. The smallest absolute Gasteiger partial charge is 0.294 e. The summed E-state index contributed by atoms with van der Waals surface area (Å²) in [5.74, 6) is -3.91. The average molecular weight is 466 g/mol. The van der Waals surface area contributed by atoms with Gasteiger partial charge in [-0.1, -0.05) is 29.8 Å². The molecule has 3 aromatic carbocycles. The highest BCUT2D eigenvalue weighted by Gasteiger charge is 2.46. The summed E-state index contributed by atoms with van der Waals surface area (Å²) in [4.78, 5) is 27.6. The van der Waals surface area contributed by atoms with E-state index in [9.17, 15) is 23.5 Å². The molecule has 33 heavy (non-hydrogen) atoms. The molecule has 4 aromatic rings. The van der Waals surface area contributed by atoms with Crippen molar-refractivity contribution >= 4 is 39.9 Å². The molecule has 0 bridgehead atoms. The molecule has 5 rings (SSSR count). The SMILES string of the molecule is O=C(C1=C(O)C(=O)N(c2ccc(F)cc2)C1c1ccccc1F)c1cc2cc(Cl)ccc2o1. The predicted molar refractivity (Wildman–Crippen MR) is 118 cm³/mol. The van der Waals surface area contributed by atoms with Crippen LogP contribution in [0.4, 0.5) is 14.5 Å². The summed E-state index contributed by atoms with van der Waals surface area (Å²) in [7, 11) is 0. The first-order valence-corrected chi connectivity index (χ1v) is 10.2. The van der Waals surface area contributed by atoms with Crippen LogP contribution in [0.5, 0.6) is 0 Å². The molecule has 1 aliphatic heterocycles. The van der Waals surface area contributed by atoms with E-state index in [1.807, 2.05) is 0 Å². The molecule has 1 aliphatic rings. The van der Waals surface area contributed by atoms with Crippen molar-refractivity contribution < 1.29 is 27.9 Å². The summed E-state index contributed by atoms with van der Waals surface area (Å²) in [6.07, 6.45) is 0. The molecule has 0 fully saturated rings. The zero-order valence-corrected chi connectivity index (χ0v) is 17.5. The van der Waals surface area contributed by atoms with Gasteiger partial charge < -0.3 is 9.52 Å². The van der Waals surface area contributed by atoms with Crippen LogP contribution in [-0.2, 0) is 4.79 Å². The first kappa shape index (κ1) is 20.9. The van der Waals surface area contributed by atoms with Crippen LogP contribution in [0.3, 0.4) is 0 Å². The molecule has 1 N–H and O–H groups in total. The van der Waals surface area contributed by atoms with Crippen LogP contribution in [-0.4, -0.2) is 16.8 Å². The average Bonchev–Trinajstić information content (AvgIpc) is 3.33. The number of furan rings is 1. The second-order valence-corrected chi connectivity index (χ2v) is 7.90. The van der Waals surface area contributed by atoms with E-state index in [2.05, 4.69) is 0 Å². The Hall–Kier alpha value is -3.97. The number of aliphatic hydroxyl groups excluding tert-OH is 1. The van der Waals surface area contributed by atoms with Gasteiger partial charge in [0.1, 0.15) is 17.2 Å². The lowest BCUT2D eigenvalue weighted by Gasteiger charge is -2.27. The fourth-order valence-corrected chi connectivity index (χ4v) is 4.14. The summed E-state index contributed by atoms with van der Waals surface area (Å²) in [5, 5.41) is 11.7.